The predicted molar refractivity (Wildman–Crippen MR) is 126 cm³/mol. The number of anilines is 1. The Hall–Kier alpha value is -4.00. The fourth-order valence-electron chi connectivity index (χ4n) is 3.17. The molecule has 0 spiro atoms. The summed E-state index contributed by atoms with van der Waals surface area (Å²) in [6.07, 6.45) is 6.32. The van der Waals surface area contributed by atoms with Gasteiger partial charge in [0, 0.05) is 51.6 Å². The van der Waals surface area contributed by atoms with E-state index in [1.54, 1.807) is 20.4 Å². The van der Waals surface area contributed by atoms with Crippen molar-refractivity contribution in [3.05, 3.63) is 47.2 Å². The fourth-order valence-corrected chi connectivity index (χ4v) is 3.17. The van der Waals surface area contributed by atoms with Crippen LogP contribution in [0.4, 0.5) is 5.82 Å². The molecule has 13 heteroatoms. The number of aromatic nitrogens is 4. The molecule has 2 aromatic heterocycles. The minimum Gasteiger partial charge on any atom is -0.493 e. The number of hydrogen-bond donors (Lipinski definition) is 2. The Morgan fingerprint density at radius 2 is 1.80 bits per heavy atom. The first-order chi connectivity index (χ1) is 16.8. The zero-order valence-electron chi connectivity index (χ0n) is 19.7. The average molecular weight is 491 g/mol. The number of pyridine rings is 1. The van der Waals surface area contributed by atoms with Gasteiger partial charge in [0.25, 0.3) is 0 Å². The van der Waals surface area contributed by atoms with Gasteiger partial charge in [0.1, 0.15) is 6.20 Å². The molecule has 3 rings (SSSR count). The van der Waals surface area contributed by atoms with Gasteiger partial charge in [0.2, 0.25) is 5.88 Å². The standard InChI is InChI=1S/C18H26N6O3.C4H4O4/c1-22-18(25)21-16(14-20-22)27-13-4-3-8-23-9-11-24(12-10-23)17-15(26-2)6-5-7-19-17;5-3(6)1-2-4(7)8/h5-7,14H,3-4,8-13H2,1-2H3;1-2H,(H,5,6)(H,7,8)/b;2-1+. The normalized spacial score (nSPS) is 13.7. The minimum absolute atomic E-state index is 0.288. The van der Waals surface area contributed by atoms with Crippen molar-refractivity contribution in [3.8, 4) is 11.6 Å². The number of nitrogens with zero attached hydrogens (tertiary/aromatic N) is 6. The van der Waals surface area contributed by atoms with Crippen LogP contribution in [0.5, 0.6) is 11.6 Å². The lowest BCUT2D eigenvalue weighted by Crippen LogP contribution is -2.47. The number of piperazine rings is 1. The van der Waals surface area contributed by atoms with E-state index in [4.69, 9.17) is 19.7 Å². The van der Waals surface area contributed by atoms with Gasteiger partial charge in [-0.2, -0.15) is 10.1 Å². The molecule has 0 aromatic carbocycles. The first kappa shape index (κ1) is 27.2. The molecule has 0 bridgehead atoms. The number of rotatable bonds is 10. The van der Waals surface area contributed by atoms with Crippen molar-refractivity contribution in [2.24, 2.45) is 7.05 Å². The maximum absolute atomic E-state index is 11.4. The van der Waals surface area contributed by atoms with Crippen LogP contribution in [0.15, 0.2) is 41.5 Å². The van der Waals surface area contributed by atoms with Crippen LogP contribution in [0, 0.1) is 0 Å². The number of ether oxygens (including phenoxy) is 2. The van der Waals surface area contributed by atoms with Crippen molar-refractivity contribution in [1.82, 2.24) is 24.6 Å². The molecule has 35 heavy (non-hydrogen) atoms. The fraction of sp³-hybridized carbons (Fsp3) is 0.455. The monoisotopic (exact) mass is 490 g/mol. The Morgan fingerprint density at radius 1 is 1.11 bits per heavy atom. The van der Waals surface area contributed by atoms with E-state index in [1.807, 2.05) is 12.1 Å². The molecule has 0 atom stereocenters. The van der Waals surface area contributed by atoms with Gasteiger partial charge in [0.05, 0.1) is 13.7 Å². The number of aryl methyl sites for hydroxylation is 1. The summed E-state index contributed by atoms with van der Waals surface area (Å²) in [6, 6.07) is 3.83. The Bertz CT molecular complexity index is 1030. The Kier molecular flexibility index (Phi) is 11.1. The van der Waals surface area contributed by atoms with Gasteiger partial charge in [-0.15, -0.1) is 0 Å². The number of aliphatic carboxylic acids is 2. The van der Waals surface area contributed by atoms with Gasteiger partial charge in [-0.05, 0) is 31.5 Å². The summed E-state index contributed by atoms with van der Waals surface area (Å²) in [7, 11) is 3.24. The molecule has 0 radical (unpaired) electrons. The van der Waals surface area contributed by atoms with Gasteiger partial charge >= 0.3 is 17.6 Å². The van der Waals surface area contributed by atoms with Gasteiger partial charge < -0.3 is 24.6 Å². The molecule has 190 valence electrons. The molecule has 0 unspecified atom stereocenters. The Morgan fingerprint density at radius 3 is 2.40 bits per heavy atom. The topological polar surface area (TPSA) is 160 Å². The molecule has 1 aliphatic rings. The zero-order chi connectivity index (χ0) is 25.6. The van der Waals surface area contributed by atoms with Crippen LogP contribution in [0.1, 0.15) is 12.8 Å². The number of methoxy groups -OCH3 is 1. The van der Waals surface area contributed by atoms with Crippen LogP contribution in [-0.4, -0.2) is 93.2 Å². The van der Waals surface area contributed by atoms with Crippen LogP contribution in [0.3, 0.4) is 0 Å². The van der Waals surface area contributed by atoms with Crippen LogP contribution < -0.4 is 20.1 Å². The molecule has 0 aliphatic carbocycles. The Labute approximate surface area is 202 Å². The Balaban J connectivity index is 0.000000466. The van der Waals surface area contributed by atoms with Crippen molar-refractivity contribution < 1.29 is 29.3 Å². The molecule has 0 amide bonds. The van der Waals surface area contributed by atoms with Crippen LogP contribution in [0.25, 0.3) is 0 Å². The molecular weight excluding hydrogens is 460 g/mol. The molecule has 1 fully saturated rings. The highest BCUT2D eigenvalue weighted by Gasteiger charge is 2.20. The lowest BCUT2D eigenvalue weighted by molar-refractivity contribution is -0.134. The zero-order valence-corrected chi connectivity index (χ0v) is 19.7. The van der Waals surface area contributed by atoms with Crippen molar-refractivity contribution in [3.63, 3.8) is 0 Å². The quantitative estimate of drug-likeness (QED) is 0.346. The SMILES string of the molecule is COc1cccnc1N1CCN(CCCCOc2cnn(C)c(=O)n2)CC1.O=C(O)/C=C/C(=O)O. The van der Waals surface area contributed by atoms with Gasteiger partial charge in [-0.1, -0.05) is 0 Å². The summed E-state index contributed by atoms with van der Waals surface area (Å²) in [6.45, 7) is 5.44. The van der Waals surface area contributed by atoms with E-state index >= 15 is 0 Å². The summed E-state index contributed by atoms with van der Waals surface area (Å²) in [4.78, 5) is 43.5. The second-order valence-electron chi connectivity index (χ2n) is 7.42. The molecule has 0 saturated carbocycles. The van der Waals surface area contributed by atoms with Crippen molar-refractivity contribution in [2.45, 2.75) is 12.8 Å². The number of carboxylic acid groups (broad SMARTS) is 2. The third-order valence-electron chi connectivity index (χ3n) is 4.95. The van der Waals surface area contributed by atoms with Crippen molar-refractivity contribution in [2.75, 3.05) is 51.3 Å². The minimum atomic E-state index is -1.26. The lowest BCUT2D eigenvalue weighted by Gasteiger charge is -2.35. The number of carboxylic acids is 2. The van der Waals surface area contributed by atoms with Crippen LogP contribution in [0.2, 0.25) is 0 Å². The molecule has 3 heterocycles. The van der Waals surface area contributed by atoms with Crippen molar-refractivity contribution in [1.29, 1.82) is 0 Å². The second kappa shape index (κ2) is 14.3. The summed E-state index contributed by atoms with van der Waals surface area (Å²) in [5.41, 5.74) is -0.407. The van der Waals surface area contributed by atoms with Crippen molar-refractivity contribution >= 4 is 17.8 Å². The average Bonchev–Trinajstić information content (AvgIpc) is 2.85. The summed E-state index contributed by atoms with van der Waals surface area (Å²) in [5.74, 6) is -0.485. The van der Waals surface area contributed by atoms with Gasteiger partial charge in [-0.25, -0.2) is 24.0 Å². The maximum atomic E-state index is 11.4. The third-order valence-corrected chi connectivity index (χ3v) is 4.95. The second-order valence-corrected chi connectivity index (χ2v) is 7.42. The molecule has 1 saturated heterocycles. The van der Waals surface area contributed by atoms with E-state index in [-0.39, 0.29) is 5.88 Å². The molecule has 2 N–H and O–H groups in total. The molecule has 13 nitrogen and oxygen atoms in total. The van der Waals surface area contributed by atoms with E-state index in [0.29, 0.717) is 18.8 Å². The smallest absolute Gasteiger partial charge is 0.366 e. The molecule has 1 aliphatic heterocycles. The largest absolute Gasteiger partial charge is 0.493 e. The predicted octanol–water partition coefficient (Wildman–Crippen LogP) is 0.272. The summed E-state index contributed by atoms with van der Waals surface area (Å²) < 4.78 is 12.1. The first-order valence-electron chi connectivity index (χ1n) is 10.9. The van der Waals surface area contributed by atoms with Gasteiger partial charge in [0.15, 0.2) is 11.6 Å². The highest BCUT2D eigenvalue weighted by atomic mass is 16.5. The third kappa shape index (κ3) is 9.80. The van der Waals surface area contributed by atoms with E-state index in [9.17, 15) is 14.4 Å². The van der Waals surface area contributed by atoms with E-state index in [0.717, 1.165) is 57.1 Å². The molecule has 2 aromatic rings. The maximum Gasteiger partial charge on any atom is 0.366 e. The summed E-state index contributed by atoms with van der Waals surface area (Å²) >= 11 is 0. The van der Waals surface area contributed by atoms with E-state index in [1.165, 1.54) is 10.9 Å². The van der Waals surface area contributed by atoms with Crippen LogP contribution >= 0.6 is 0 Å². The van der Waals surface area contributed by atoms with E-state index < -0.39 is 17.6 Å². The summed E-state index contributed by atoms with van der Waals surface area (Å²) in [5, 5.41) is 19.5. The van der Waals surface area contributed by atoms with Gasteiger partial charge in [-0.3, -0.25) is 4.90 Å². The lowest BCUT2D eigenvalue weighted by atomic mass is 10.2. The van der Waals surface area contributed by atoms with Crippen LogP contribution in [-0.2, 0) is 16.6 Å². The number of unbranched alkanes of at least 4 members (excludes halogenated alkanes) is 1. The van der Waals surface area contributed by atoms with E-state index in [2.05, 4.69) is 24.9 Å². The number of hydrogen-bond acceptors (Lipinski definition) is 10. The highest BCUT2D eigenvalue weighted by Crippen LogP contribution is 2.25. The first-order valence-corrected chi connectivity index (χ1v) is 10.9. The molecular formula is C22H30N6O7. The highest BCUT2D eigenvalue weighted by molar-refractivity contribution is 5.89. The number of carbonyl (C=O) groups is 2.